The highest BCUT2D eigenvalue weighted by molar-refractivity contribution is 6.17. The average molecular weight is 235 g/mol. The fourth-order valence-electron chi connectivity index (χ4n) is 1.73. The molecule has 90 valence electrons. The predicted molar refractivity (Wildman–Crippen MR) is 61.5 cm³/mol. The van der Waals surface area contributed by atoms with Crippen LogP contribution < -0.4 is 21.1 Å². The van der Waals surface area contributed by atoms with Gasteiger partial charge in [0.05, 0.1) is 5.69 Å². The lowest BCUT2D eigenvalue weighted by Gasteiger charge is -2.30. The number of carbonyl (C=O) groups is 2. The van der Waals surface area contributed by atoms with Crippen LogP contribution in [-0.4, -0.2) is 18.0 Å². The lowest BCUT2D eigenvalue weighted by molar-refractivity contribution is -0.124. The molecular formula is C11H13N3O3. The van der Waals surface area contributed by atoms with Crippen molar-refractivity contribution in [3.8, 4) is 5.75 Å². The van der Waals surface area contributed by atoms with Crippen LogP contribution in [0.1, 0.15) is 12.5 Å². The normalized spacial score (nSPS) is 18.6. The molecule has 4 N–H and O–H groups in total. The Labute approximate surface area is 98.1 Å². The highest BCUT2D eigenvalue weighted by atomic mass is 16.5. The Morgan fingerprint density at radius 2 is 2.24 bits per heavy atom. The summed E-state index contributed by atoms with van der Waals surface area (Å²) in [5, 5.41) is 0. The van der Waals surface area contributed by atoms with E-state index in [1.54, 1.807) is 25.1 Å². The van der Waals surface area contributed by atoms with Gasteiger partial charge in [0.1, 0.15) is 5.75 Å². The number of primary amides is 1. The summed E-state index contributed by atoms with van der Waals surface area (Å²) in [6.07, 6.45) is -0.723. The van der Waals surface area contributed by atoms with Gasteiger partial charge in [-0.25, -0.2) is 9.69 Å². The molecule has 1 unspecified atom stereocenters. The van der Waals surface area contributed by atoms with Gasteiger partial charge in [0.25, 0.3) is 5.91 Å². The maximum Gasteiger partial charge on any atom is 0.326 e. The van der Waals surface area contributed by atoms with Crippen molar-refractivity contribution in [1.82, 2.24) is 0 Å². The molecule has 0 spiro atoms. The summed E-state index contributed by atoms with van der Waals surface area (Å²) in [5.41, 5.74) is 11.9. The van der Waals surface area contributed by atoms with Gasteiger partial charge in [0.15, 0.2) is 6.10 Å². The van der Waals surface area contributed by atoms with Gasteiger partial charge in [-0.05, 0) is 24.6 Å². The number of carbonyl (C=O) groups excluding carboxylic acids is 2. The molecule has 0 aromatic heterocycles. The zero-order chi connectivity index (χ0) is 12.6. The van der Waals surface area contributed by atoms with Crippen LogP contribution in [0, 0.1) is 0 Å². The summed E-state index contributed by atoms with van der Waals surface area (Å²) in [7, 11) is 0. The fourth-order valence-corrected chi connectivity index (χ4v) is 1.73. The van der Waals surface area contributed by atoms with E-state index in [0.29, 0.717) is 18.0 Å². The van der Waals surface area contributed by atoms with Gasteiger partial charge in [-0.2, -0.15) is 0 Å². The molecule has 1 aliphatic rings. The van der Waals surface area contributed by atoms with E-state index in [1.165, 1.54) is 0 Å². The van der Waals surface area contributed by atoms with Crippen LogP contribution in [-0.2, 0) is 11.3 Å². The molecule has 1 heterocycles. The molecule has 6 heteroatoms. The van der Waals surface area contributed by atoms with E-state index in [9.17, 15) is 9.59 Å². The zero-order valence-electron chi connectivity index (χ0n) is 9.34. The predicted octanol–water partition coefficient (Wildman–Crippen LogP) is 0.338. The number of hydrogen-bond donors (Lipinski definition) is 2. The maximum atomic E-state index is 11.8. The minimum absolute atomic E-state index is 0.309. The largest absolute Gasteiger partial charge is 0.479 e. The Bertz CT molecular complexity index is 487. The van der Waals surface area contributed by atoms with E-state index < -0.39 is 18.0 Å². The van der Waals surface area contributed by atoms with Crippen LogP contribution in [0.2, 0.25) is 0 Å². The third-order valence-electron chi connectivity index (χ3n) is 2.59. The van der Waals surface area contributed by atoms with E-state index in [-0.39, 0.29) is 0 Å². The van der Waals surface area contributed by atoms with E-state index in [4.69, 9.17) is 16.2 Å². The first-order valence-corrected chi connectivity index (χ1v) is 5.17. The van der Waals surface area contributed by atoms with Gasteiger partial charge in [-0.15, -0.1) is 0 Å². The number of imide groups is 1. The molecule has 6 nitrogen and oxygen atoms in total. The van der Waals surface area contributed by atoms with Crippen molar-refractivity contribution in [2.75, 3.05) is 4.90 Å². The molecule has 0 saturated carbocycles. The van der Waals surface area contributed by atoms with Crippen LogP contribution in [0.4, 0.5) is 10.5 Å². The molecule has 1 atom stereocenters. The molecule has 0 fully saturated rings. The summed E-state index contributed by atoms with van der Waals surface area (Å²) in [4.78, 5) is 24.0. The third kappa shape index (κ3) is 1.83. The number of urea groups is 1. The third-order valence-corrected chi connectivity index (χ3v) is 2.59. The highest BCUT2D eigenvalue weighted by Gasteiger charge is 2.34. The van der Waals surface area contributed by atoms with Gasteiger partial charge in [0.2, 0.25) is 0 Å². The molecule has 3 amide bonds. The second-order valence-electron chi connectivity index (χ2n) is 3.78. The highest BCUT2D eigenvalue weighted by Crippen LogP contribution is 2.34. The quantitative estimate of drug-likeness (QED) is 0.733. The number of ether oxygens (including phenoxy) is 1. The van der Waals surface area contributed by atoms with Crippen molar-refractivity contribution in [3.63, 3.8) is 0 Å². The van der Waals surface area contributed by atoms with Crippen molar-refractivity contribution in [2.24, 2.45) is 11.5 Å². The zero-order valence-corrected chi connectivity index (χ0v) is 9.34. The van der Waals surface area contributed by atoms with Gasteiger partial charge in [-0.3, -0.25) is 4.79 Å². The molecule has 2 rings (SSSR count). The van der Waals surface area contributed by atoms with Crippen molar-refractivity contribution >= 4 is 17.6 Å². The van der Waals surface area contributed by atoms with Gasteiger partial charge in [0, 0.05) is 6.54 Å². The van der Waals surface area contributed by atoms with Crippen LogP contribution in [0.15, 0.2) is 18.2 Å². The number of rotatable bonds is 1. The van der Waals surface area contributed by atoms with E-state index in [0.717, 1.165) is 10.5 Å². The molecule has 1 aromatic rings. The lowest BCUT2D eigenvalue weighted by atomic mass is 10.1. The number of benzene rings is 1. The first-order valence-electron chi connectivity index (χ1n) is 5.17. The Morgan fingerprint density at radius 1 is 1.53 bits per heavy atom. The summed E-state index contributed by atoms with van der Waals surface area (Å²) < 4.78 is 5.38. The Morgan fingerprint density at radius 3 is 2.82 bits per heavy atom. The molecular weight excluding hydrogens is 222 g/mol. The van der Waals surface area contributed by atoms with Crippen LogP contribution >= 0.6 is 0 Å². The topological polar surface area (TPSA) is 98.7 Å². The van der Waals surface area contributed by atoms with Gasteiger partial charge in [-0.1, -0.05) is 6.07 Å². The van der Waals surface area contributed by atoms with Gasteiger partial charge >= 0.3 is 6.03 Å². The van der Waals surface area contributed by atoms with Gasteiger partial charge < -0.3 is 16.2 Å². The number of amides is 3. The molecule has 17 heavy (non-hydrogen) atoms. The smallest absolute Gasteiger partial charge is 0.326 e. The van der Waals surface area contributed by atoms with Crippen LogP contribution in [0.5, 0.6) is 5.75 Å². The van der Waals surface area contributed by atoms with Crippen molar-refractivity contribution in [1.29, 1.82) is 0 Å². The van der Waals surface area contributed by atoms with Crippen molar-refractivity contribution < 1.29 is 14.3 Å². The molecule has 1 aromatic carbocycles. The minimum Gasteiger partial charge on any atom is -0.479 e. The number of nitrogens with two attached hydrogens (primary N) is 2. The SMILES string of the molecule is CC1Oc2ccc(CN)cc2N(C(N)=O)C1=O. The molecule has 0 bridgehead atoms. The monoisotopic (exact) mass is 235 g/mol. The number of anilines is 1. The number of hydrogen-bond acceptors (Lipinski definition) is 4. The van der Waals surface area contributed by atoms with E-state index in [2.05, 4.69) is 0 Å². The first-order chi connectivity index (χ1) is 8.04. The minimum atomic E-state index is -0.819. The fraction of sp³-hybridized carbons (Fsp3) is 0.273. The van der Waals surface area contributed by atoms with E-state index in [1.807, 2.05) is 0 Å². The molecule has 0 aliphatic carbocycles. The summed E-state index contributed by atoms with van der Waals surface area (Å²) in [6.45, 7) is 1.88. The Kier molecular flexibility index (Phi) is 2.72. The second-order valence-corrected chi connectivity index (χ2v) is 3.78. The summed E-state index contributed by atoms with van der Waals surface area (Å²) in [5.74, 6) is -0.0210. The number of fused-ring (bicyclic) bond motifs is 1. The first kappa shape index (κ1) is 11.4. The number of nitrogens with zero attached hydrogens (tertiary/aromatic N) is 1. The average Bonchev–Trinajstić information content (AvgIpc) is 2.29. The molecule has 0 radical (unpaired) electrons. The van der Waals surface area contributed by atoms with E-state index >= 15 is 0 Å². The van der Waals surface area contributed by atoms with Crippen molar-refractivity contribution in [3.05, 3.63) is 23.8 Å². The summed E-state index contributed by atoms with van der Waals surface area (Å²) in [6, 6.07) is 4.27. The maximum absolute atomic E-state index is 11.8. The Hall–Kier alpha value is -2.08. The Balaban J connectivity index is 2.55. The molecule has 1 aliphatic heterocycles. The van der Waals surface area contributed by atoms with Crippen LogP contribution in [0.25, 0.3) is 0 Å². The van der Waals surface area contributed by atoms with Crippen molar-refractivity contribution in [2.45, 2.75) is 19.6 Å². The molecule has 0 saturated heterocycles. The standard InChI is InChI=1S/C11H13N3O3/c1-6-10(15)14(11(13)16)8-4-7(5-12)2-3-9(8)17-6/h2-4,6H,5,12H2,1H3,(H2,13,16). The van der Waals surface area contributed by atoms with Crippen LogP contribution in [0.3, 0.4) is 0 Å². The summed E-state index contributed by atoms with van der Waals surface area (Å²) >= 11 is 0. The second kappa shape index (κ2) is 4.06. The lowest BCUT2D eigenvalue weighted by Crippen LogP contribution is -2.50.